The molecule has 0 spiro atoms. The Kier molecular flexibility index (Phi) is 6.88. The maximum Gasteiger partial charge on any atom is 0.417 e. The van der Waals surface area contributed by atoms with Crippen molar-refractivity contribution in [2.45, 2.75) is 38.9 Å². The zero-order valence-corrected chi connectivity index (χ0v) is 19.5. The molecule has 0 saturated carbocycles. The molecule has 2 unspecified atom stereocenters. The van der Waals surface area contributed by atoms with Crippen LogP contribution in [0, 0.1) is 18.7 Å². The number of aryl methyl sites for hydroxylation is 1. The van der Waals surface area contributed by atoms with E-state index in [0.29, 0.717) is 40.0 Å². The molecule has 1 fully saturated rings. The van der Waals surface area contributed by atoms with Crippen molar-refractivity contribution in [1.82, 2.24) is 14.9 Å². The SMILES string of the molecule is Cc1nc(C(=O)N2CCCC(C)C2CNc2ccc(C(F)(F)F)cn2)c(-c2cccc(F)c2)s1. The summed E-state index contributed by atoms with van der Waals surface area (Å²) in [7, 11) is 0. The number of rotatable bonds is 5. The molecule has 2 atom stereocenters. The second kappa shape index (κ2) is 9.69. The Morgan fingerprint density at radius 1 is 1.26 bits per heavy atom. The first-order valence-electron chi connectivity index (χ1n) is 10.9. The van der Waals surface area contributed by atoms with Gasteiger partial charge in [0, 0.05) is 19.3 Å². The minimum Gasteiger partial charge on any atom is -0.368 e. The molecule has 1 aliphatic heterocycles. The summed E-state index contributed by atoms with van der Waals surface area (Å²) in [6.07, 6.45) is -1.90. The fourth-order valence-corrected chi connectivity index (χ4v) is 5.13. The van der Waals surface area contributed by atoms with Crippen molar-refractivity contribution in [2.24, 2.45) is 5.92 Å². The zero-order chi connectivity index (χ0) is 24.5. The van der Waals surface area contributed by atoms with Gasteiger partial charge < -0.3 is 10.2 Å². The van der Waals surface area contributed by atoms with Crippen molar-refractivity contribution in [2.75, 3.05) is 18.4 Å². The Morgan fingerprint density at radius 2 is 2.06 bits per heavy atom. The van der Waals surface area contributed by atoms with Crippen LogP contribution in [0.5, 0.6) is 0 Å². The van der Waals surface area contributed by atoms with Gasteiger partial charge in [0.2, 0.25) is 0 Å². The van der Waals surface area contributed by atoms with Crippen LogP contribution < -0.4 is 5.32 Å². The van der Waals surface area contributed by atoms with Crippen molar-refractivity contribution in [3.05, 3.63) is 64.7 Å². The summed E-state index contributed by atoms with van der Waals surface area (Å²) in [5.41, 5.74) is 0.0761. The summed E-state index contributed by atoms with van der Waals surface area (Å²) in [6, 6.07) is 8.15. The van der Waals surface area contributed by atoms with Crippen LogP contribution in [0.1, 0.15) is 40.8 Å². The summed E-state index contributed by atoms with van der Waals surface area (Å²) in [6.45, 7) is 4.73. The molecule has 1 N–H and O–H groups in total. The minimum atomic E-state index is -4.45. The van der Waals surface area contributed by atoms with Gasteiger partial charge >= 0.3 is 6.18 Å². The smallest absolute Gasteiger partial charge is 0.368 e. The van der Waals surface area contributed by atoms with Crippen LogP contribution in [0.25, 0.3) is 10.4 Å². The number of aromatic nitrogens is 2. The van der Waals surface area contributed by atoms with E-state index < -0.39 is 11.7 Å². The number of hydrogen-bond donors (Lipinski definition) is 1. The Balaban J connectivity index is 1.55. The average molecular weight is 493 g/mol. The summed E-state index contributed by atoms with van der Waals surface area (Å²) in [4.78, 5) is 24.3. The molecular weight excluding hydrogens is 468 g/mol. The summed E-state index contributed by atoms with van der Waals surface area (Å²) < 4.78 is 52.2. The van der Waals surface area contributed by atoms with Gasteiger partial charge in [-0.05, 0) is 55.5 Å². The number of halogens is 4. The molecule has 1 aliphatic rings. The molecule has 2 aromatic heterocycles. The number of carbonyl (C=O) groups is 1. The van der Waals surface area contributed by atoms with Crippen molar-refractivity contribution in [3.8, 4) is 10.4 Å². The summed E-state index contributed by atoms with van der Waals surface area (Å²) in [5.74, 6) is -0.151. The highest BCUT2D eigenvalue weighted by Crippen LogP contribution is 2.34. The number of thiazole rings is 1. The lowest BCUT2D eigenvalue weighted by molar-refractivity contribution is -0.137. The molecule has 180 valence electrons. The van der Waals surface area contributed by atoms with Crippen LogP contribution in [0.3, 0.4) is 0 Å². The van der Waals surface area contributed by atoms with Crippen molar-refractivity contribution in [3.63, 3.8) is 0 Å². The Labute approximate surface area is 198 Å². The Hall–Kier alpha value is -3.01. The quantitative estimate of drug-likeness (QED) is 0.442. The second-order valence-corrected chi connectivity index (χ2v) is 9.62. The lowest BCUT2D eigenvalue weighted by atomic mass is 9.90. The molecular formula is C24H24F4N4OS. The normalized spacial score (nSPS) is 18.7. The van der Waals surface area contributed by atoms with E-state index in [0.717, 1.165) is 25.1 Å². The number of amides is 1. The number of hydrogen-bond acceptors (Lipinski definition) is 5. The van der Waals surface area contributed by atoms with Gasteiger partial charge in [-0.2, -0.15) is 13.2 Å². The molecule has 34 heavy (non-hydrogen) atoms. The number of pyridine rings is 1. The van der Waals surface area contributed by atoms with Crippen LogP contribution in [0.4, 0.5) is 23.4 Å². The van der Waals surface area contributed by atoms with Crippen LogP contribution in [0.15, 0.2) is 42.6 Å². The number of nitrogens with zero attached hydrogens (tertiary/aromatic N) is 3. The first kappa shape index (κ1) is 24.1. The predicted molar refractivity (Wildman–Crippen MR) is 123 cm³/mol. The van der Waals surface area contributed by atoms with Crippen LogP contribution >= 0.6 is 11.3 Å². The van der Waals surface area contributed by atoms with Gasteiger partial charge in [0.05, 0.1) is 21.5 Å². The number of carbonyl (C=O) groups excluding carboxylic acids is 1. The standard InChI is InChI=1S/C24H24F4N4OS/c1-14-5-4-10-32(19(14)13-30-20-9-8-17(12-29-20)24(26,27)28)23(33)21-22(34-15(2)31-21)16-6-3-7-18(25)11-16/h3,6-9,11-12,14,19H,4-5,10,13H2,1-2H3,(H,29,30). The van der Waals surface area contributed by atoms with Crippen LogP contribution in [-0.2, 0) is 6.18 Å². The lowest BCUT2D eigenvalue weighted by Gasteiger charge is -2.40. The van der Waals surface area contributed by atoms with E-state index in [9.17, 15) is 22.4 Å². The highest BCUT2D eigenvalue weighted by atomic mass is 32.1. The van der Waals surface area contributed by atoms with E-state index in [-0.39, 0.29) is 23.7 Å². The number of likely N-dealkylation sites (tertiary alicyclic amines) is 1. The number of benzene rings is 1. The molecule has 4 rings (SSSR count). The number of anilines is 1. The monoisotopic (exact) mass is 492 g/mol. The largest absolute Gasteiger partial charge is 0.417 e. The molecule has 10 heteroatoms. The first-order valence-corrected chi connectivity index (χ1v) is 11.8. The highest BCUT2D eigenvalue weighted by molar-refractivity contribution is 7.15. The van der Waals surface area contributed by atoms with Crippen molar-refractivity contribution < 1.29 is 22.4 Å². The van der Waals surface area contributed by atoms with E-state index in [2.05, 4.69) is 15.3 Å². The van der Waals surface area contributed by atoms with Gasteiger partial charge in [-0.3, -0.25) is 4.79 Å². The molecule has 0 radical (unpaired) electrons. The molecule has 5 nitrogen and oxygen atoms in total. The lowest BCUT2D eigenvalue weighted by Crippen LogP contribution is -2.51. The van der Waals surface area contributed by atoms with Gasteiger partial charge in [0.1, 0.15) is 17.3 Å². The maximum atomic E-state index is 13.8. The molecule has 3 heterocycles. The third-order valence-corrected chi connectivity index (χ3v) is 7.00. The number of nitrogens with one attached hydrogen (secondary N) is 1. The fraction of sp³-hybridized carbons (Fsp3) is 0.375. The van der Waals surface area contributed by atoms with Crippen LogP contribution in [0.2, 0.25) is 0 Å². The van der Waals surface area contributed by atoms with Crippen LogP contribution in [-0.4, -0.2) is 39.9 Å². The fourth-order valence-electron chi connectivity index (χ4n) is 4.22. The maximum absolute atomic E-state index is 13.8. The summed E-state index contributed by atoms with van der Waals surface area (Å²) in [5, 5.41) is 3.78. The average Bonchev–Trinajstić information content (AvgIpc) is 3.19. The van der Waals surface area contributed by atoms with Gasteiger partial charge in [0.25, 0.3) is 5.91 Å². The number of piperidine rings is 1. The molecule has 1 amide bonds. The van der Waals surface area contributed by atoms with Crippen molar-refractivity contribution >= 4 is 23.1 Å². The molecule has 3 aromatic rings. The van der Waals surface area contributed by atoms with Gasteiger partial charge in [-0.1, -0.05) is 19.1 Å². The highest BCUT2D eigenvalue weighted by Gasteiger charge is 2.35. The van der Waals surface area contributed by atoms with Gasteiger partial charge in [0.15, 0.2) is 0 Å². The third-order valence-electron chi connectivity index (χ3n) is 5.98. The predicted octanol–water partition coefficient (Wildman–Crippen LogP) is 6.02. The van der Waals surface area contributed by atoms with Crippen molar-refractivity contribution in [1.29, 1.82) is 0 Å². The Bertz CT molecular complexity index is 1160. The molecule has 1 saturated heterocycles. The second-order valence-electron chi connectivity index (χ2n) is 8.42. The molecule has 0 bridgehead atoms. The van der Waals surface area contributed by atoms with E-state index in [1.807, 2.05) is 6.92 Å². The Morgan fingerprint density at radius 3 is 2.74 bits per heavy atom. The number of alkyl halides is 3. The van der Waals surface area contributed by atoms with E-state index in [1.54, 1.807) is 24.0 Å². The van der Waals surface area contributed by atoms with Gasteiger partial charge in [-0.25, -0.2) is 14.4 Å². The minimum absolute atomic E-state index is 0.164. The summed E-state index contributed by atoms with van der Waals surface area (Å²) >= 11 is 1.34. The van der Waals surface area contributed by atoms with E-state index in [1.165, 1.54) is 29.5 Å². The van der Waals surface area contributed by atoms with Gasteiger partial charge in [-0.15, -0.1) is 11.3 Å². The van der Waals surface area contributed by atoms with E-state index in [4.69, 9.17) is 0 Å². The topological polar surface area (TPSA) is 58.1 Å². The first-order chi connectivity index (χ1) is 16.1. The molecule has 1 aromatic carbocycles. The zero-order valence-electron chi connectivity index (χ0n) is 18.7. The van der Waals surface area contributed by atoms with E-state index >= 15 is 0 Å². The third kappa shape index (κ3) is 5.22. The molecule has 0 aliphatic carbocycles.